The van der Waals surface area contributed by atoms with Crippen molar-refractivity contribution in [2.24, 2.45) is 0 Å². The first-order valence-electron chi connectivity index (χ1n) is 1.63. The standard InChI is InChI=1S/2Al.Ca.2O4Si/c;;;2*1-5(2,3)4/q;;+2;2*-4. The zero-order valence-electron chi connectivity index (χ0n) is 6.13. The Balaban J connectivity index is -0.0000000267. The molecule has 0 aliphatic carbocycles. The zero-order valence-corrected chi connectivity index (χ0v) is 12.6. The van der Waals surface area contributed by atoms with Gasteiger partial charge in [-0.1, -0.05) is 0 Å². The van der Waals surface area contributed by atoms with Crippen LogP contribution in [-0.2, 0) is 0 Å². The molecule has 0 saturated carbocycles. The van der Waals surface area contributed by atoms with E-state index in [-0.39, 0.29) is 72.5 Å². The fraction of sp³-hybridized carbons (Fsp3) is 0. The van der Waals surface area contributed by atoms with E-state index in [4.69, 9.17) is 38.4 Å². The molecule has 8 nitrogen and oxygen atoms in total. The molecule has 6 radical (unpaired) electrons. The molecule has 0 aromatic rings. The molecule has 0 heterocycles. The van der Waals surface area contributed by atoms with Crippen molar-refractivity contribution in [2.45, 2.75) is 0 Å². The second kappa shape index (κ2) is 12.5. The molecule has 0 saturated heterocycles. The topological polar surface area (TPSA) is 184 Å². The van der Waals surface area contributed by atoms with Crippen molar-refractivity contribution < 1.29 is 38.4 Å². The minimum absolute atomic E-state index is 0. The second-order valence-corrected chi connectivity index (χ2v) is 3.00. The molecule has 0 bridgehead atoms. The van der Waals surface area contributed by atoms with Crippen LogP contribution in [-0.4, -0.2) is 90.6 Å². The molecule has 0 aromatic carbocycles. The second-order valence-electron chi connectivity index (χ2n) is 1.00. The van der Waals surface area contributed by atoms with Crippen LogP contribution < -0.4 is 38.4 Å². The predicted octanol–water partition coefficient (Wildman–Crippen LogP) is -11.4. The van der Waals surface area contributed by atoms with E-state index < -0.39 is 18.1 Å². The van der Waals surface area contributed by atoms with E-state index in [1.54, 1.807) is 0 Å². The van der Waals surface area contributed by atoms with Crippen molar-refractivity contribution in [1.29, 1.82) is 0 Å². The largest absolute Gasteiger partial charge is 2.00 e. The molecule has 0 amide bonds. The third-order valence-corrected chi connectivity index (χ3v) is 0. The van der Waals surface area contributed by atoms with E-state index in [9.17, 15) is 0 Å². The van der Waals surface area contributed by atoms with Gasteiger partial charge in [-0.2, -0.15) is 0 Å². The van der Waals surface area contributed by atoms with Crippen LogP contribution >= 0.6 is 0 Å². The van der Waals surface area contributed by atoms with Gasteiger partial charge in [0.15, 0.2) is 0 Å². The van der Waals surface area contributed by atoms with Gasteiger partial charge in [0.25, 0.3) is 0 Å². The first-order valence-corrected chi connectivity index (χ1v) is 4.90. The average Bonchev–Trinajstić information content (AvgIpc) is 1.12. The minimum atomic E-state index is -5.61. The van der Waals surface area contributed by atoms with Crippen LogP contribution in [0.5, 0.6) is 0 Å². The summed E-state index contributed by atoms with van der Waals surface area (Å²) in [5.41, 5.74) is 0. The smallest absolute Gasteiger partial charge is 0.894 e. The van der Waals surface area contributed by atoms with Gasteiger partial charge in [-0.3, -0.25) is 0 Å². The van der Waals surface area contributed by atoms with Gasteiger partial charge in [0.05, 0.1) is 0 Å². The van der Waals surface area contributed by atoms with E-state index in [0.717, 1.165) is 0 Å². The summed E-state index contributed by atoms with van der Waals surface area (Å²) in [6.07, 6.45) is 0. The van der Waals surface area contributed by atoms with Crippen molar-refractivity contribution in [1.82, 2.24) is 0 Å². The van der Waals surface area contributed by atoms with E-state index in [2.05, 4.69) is 0 Å². The summed E-state index contributed by atoms with van der Waals surface area (Å²) in [5.74, 6) is 0. The van der Waals surface area contributed by atoms with Crippen molar-refractivity contribution in [3.63, 3.8) is 0 Å². The molecule has 0 fully saturated rings. The number of hydrogen-bond acceptors (Lipinski definition) is 8. The predicted molar refractivity (Wildman–Crippen MR) is 28.8 cm³/mol. The fourth-order valence-corrected chi connectivity index (χ4v) is 0. The number of rotatable bonds is 0. The maximum Gasteiger partial charge on any atom is 2.00 e. The molecule has 13 heavy (non-hydrogen) atoms. The Labute approximate surface area is 127 Å². The molecule has 0 spiro atoms. The van der Waals surface area contributed by atoms with Gasteiger partial charge in [0.1, 0.15) is 0 Å². The van der Waals surface area contributed by atoms with Crippen LogP contribution in [0.25, 0.3) is 0 Å². The zero-order chi connectivity index (χ0) is 9.00. The molecule has 0 rings (SSSR count). The summed E-state index contributed by atoms with van der Waals surface area (Å²) >= 11 is 0. The third kappa shape index (κ3) is 376. The minimum Gasteiger partial charge on any atom is -0.894 e. The molecule has 0 N–H and O–H groups in total. The Morgan fingerprint density at radius 3 is 0.462 bits per heavy atom. The van der Waals surface area contributed by atoms with Crippen LogP contribution in [0.3, 0.4) is 0 Å². The molecule has 0 aliphatic rings. The van der Waals surface area contributed by atoms with Crippen LogP contribution in [0.4, 0.5) is 0 Å². The SMILES string of the molecule is [Al].[Al].[Ca+2].[O-][Si]([O-])([O-])[O-].[O-][Si]([O-])([O-])[O-]. The monoisotopic (exact) mass is 278 g/mol. The van der Waals surface area contributed by atoms with Gasteiger partial charge >= 0.3 is 37.7 Å². The summed E-state index contributed by atoms with van der Waals surface area (Å²) in [4.78, 5) is 68.6. The number of hydrogen-bond donors (Lipinski definition) is 0. The van der Waals surface area contributed by atoms with Crippen LogP contribution in [0.15, 0.2) is 0 Å². The van der Waals surface area contributed by atoms with Crippen molar-refractivity contribution in [3.8, 4) is 0 Å². The molecule has 0 atom stereocenters. The Morgan fingerprint density at radius 2 is 0.462 bits per heavy atom. The summed E-state index contributed by atoms with van der Waals surface area (Å²) in [6.45, 7) is 0. The van der Waals surface area contributed by atoms with Crippen LogP contribution in [0.2, 0.25) is 0 Å². The fourth-order valence-electron chi connectivity index (χ4n) is 0. The van der Waals surface area contributed by atoms with Crippen molar-refractivity contribution >= 4 is 90.6 Å². The van der Waals surface area contributed by atoms with Gasteiger partial charge < -0.3 is 56.5 Å². The average molecular weight is 278 g/mol. The Bertz CT molecular complexity index is 63.1. The van der Waals surface area contributed by atoms with E-state index in [0.29, 0.717) is 0 Å². The quantitative estimate of drug-likeness (QED) is 0.390. The van der Waals surface area contributed by atoms with Crippen LogP contribution in [0, 0.1) is 0 Å². The van der Waals surface area contributed by atoms with Crippen LogP contribution in [0.1, 0.15) is 0 Å². The normalized spacial score (nSPS) is 9.23. The van der Waals surface area contributed by atoms with Crippen molar-refractivity contribution in [2.75, 3.05) is 0 Å². The maximum absolute atomic E-state index is 8.58. The summed E-state index contributed by atoms with van der Waals surface area (Å²) in [5, 5.41) is 0. The Kier molecular flexibility index (Phi) is 28.4. The Morgan fingerprint density at radius 1 is 0.462 bits per heavy atom. The molecular formula is Al2CaO8Si2-6. The summed E-state index contributed by atoms with van der Waals surface area (Å²) < 4.78 is 0. The van der Waals surface area contributed by atoms with Gasteiger partial charge in [0, 0.05) is 34.7 Å². The molecule has 0 aliphatic heterocycles. The molecule has 0 aromatic heterocycles. The van der Waals surface area contributed by atoms with Gasteiger partial charge in [-0.15, -0.1) is 0 Å². The summed E-state index contributed by atoms with van der Waals surface area (Å²) in [7, 11) is -11.2. The molecule has 70 valence electrons. The van der Waals surface area contributed by atoms with Gasteiger partial charge in [0.2, 0.25) is 0 Å². The Hall–Kier alpha value is 2.44. The van der Waals surface area contributed by atoms with Gasteiger partial charge in [-0.05, 0) is 0 Å². The third-order valence-electron chi connectivity index (χ3n) is 0. The van der Waals surface area contributed by atoms with Crippen molar-refractivity contribution in [3.05, 3.63) is 0 Å². The first kappa shape index (κ1) is 29.5. The molecule has 0 unspecified atom stereocenters. The first-order chi connectivity index (χ1) is 4.00. The maximum atomic E-state index is 8.58. The molecule has 13 heteroatoms. The van der Waals surface area contributed by atoms with E-state index >= 15 is 0 Å². The molecular weight excluding hydrogens is 278 g/mol. The van der Waals surface area contributed by atoms with Gasteiger partial charge in [-0.25, -0.2) is 0 Å². The van der Waals surface area contributed by atoms with E-state index in [1.807, 2.05) is 0 Å². The van der Waals surface area contributed by atoms with E-state index in [1.165, 1.54) is 0 Å². The summed E-state index contributed by atoms with van der Waals surface area (Å²) in [6, 6.07) is 0.